The van der Waals surface area contributed by atoms with Crippen LogP contribution in [0.3, 0.4) is 0 Å². The Bertz CT molecular complexity index is 430. The van der Waals surface area contributed by atoms with Crippen molar-refractivity contribution >= 4 is 27.3 Å². The van der Waals surface area contributed by atoms with Crippen molar-refractivity contribution in [3.63, 3.8) is 0 Å². The van der Waals surface area contributed by atoms with E-state index >= 15 is 0 Å². The predicted molar refractivity (Wildman–Crippen MR) is 59.6 cm³/mol. The molecule has 0 bridgehead atoms. The lowest BCUT2D eigenvalue weighted by molar-refractivity contribution is 0.410. The van der Waals surface area contributed by atoms with Crippen LogP contribution in [0.25, 0.3) is 10.7 Å². The van der Waals surface area contributed by atoms with Crippen LogP contribution in [0, 0.1) is 0 Å². The first-order valence-corrected chi connectivity index (χ1v) is 5.59. The Morgan fingerprint density at radius 2 is 2.29 bits per heavy atom. The Labute approximate surface area is 93.9 Å². The molecular weight excluding hydrogens is 264 g/mol. The second-order valence-corrected chi connectivity index (χ2v) is 4.17. The zero-order chi connectivity index (χ0) is 9.97. The molecule has 0 saturated heterocycles. The number of rotatable bonds is 2. The van der Waals surface area contributed by atoms with E-state index in [1.807, 2.05) is 17.5 Å². The Morgan fingerprint density at radius 3 is 2.86 bits per heavy atom. The molecule has 2 heterocycles. The topological polar surface area (TPSA) is 35.0 Å². The highest BCUT2D eigenvalue weighted by Gasteiger charge is 2.06. The molecule has 0 aliphatic rings. The first-order valence-electron chi connectivity index (χ1n) is 3.91. The maximum absolute atomic E-state index is 5.09. The van der Waals surface area contributed by atoms with E-state index in [0.29, 0.717) is 4.60 Å². The maximum atomic E-state index is 5.09. The number of ether oxygens (including phenoxy) is 1. The summed E-state index contributed by atoms with van der Waals surface area (Å²) in [5.74, 6) is 0.727. The van der Waals surface area contributed by atoms with Crippen LogP contribution in [0.4, 0.5) is 0 Å². The van der Waals surface area contributed by atoms with Gasteiger partial charge in [0.05, 0.1) is 7.11 Å². The lowest BCUT2D eigenvalue weighted by Crippen LogP contribution is -1.89. The van der Waals surface area contributed by atoms with Gasteiger partial charge >= 0.3 is 0 Å². The number of methoxy groups -OCH3 is 1. The fraction of sp³-hybridized carbons (Fsp3) is 0.111. The van der Waals surface area contributed by atoms with Crippen molar-refractivity contribution in [2.75, 3.05) is 7.11 Å². The van der Waals surface area contributed by atoms with Gasteiger partial charge in [0.1, 0.15) is 15.3 Å². The molecule has 0 spiro atoms. The maximum Gasteiger partial charge on any atom is 0.151 e. The number of nitrogens with zero attached hydrogens (tertiary/aromatic N) is 2. The highest BCUT2D eigenvalue weighted by Crippen LogP contribution is 2.27. The molecule has 2 aromatic rings. The van der Waals surface area contributed by atoms with E-state index in [4.69, 9.17) is 4.74 Å². The number of hydrogen-bond donors (Lipinski definition) is 0. The molecule has 0 fully saturated rings. The number of aromatic nitrogens is 2. The molecule has 14 heavy (non-hydrogen) atoms. The highest BCUT2D eigenvalue weighted by atomic mass is 79.9. The summed E-state index contributed by atoms with van der Waals surface area (Å²) in [6.07, 6.45) is 1.76. The SMILES string of the molecule is COc1ccc(-c2nccs2)nc1Br. The van der Waals surface area contributed by atoms with E-state index in [1.165, 1.54) is 0 Å². The van der Waals surface area contributed by atoms with Crippen LogP contribution in [0.5, 0.6) is 5.75 Å². The molecule has 0 saturated carbocycles. The molecule has 0 atom stereocenters. The zero-order valence-electron chi connectivity index (χ0n) is 7.40. The van der Waals surface area contributed by atoms with Crippen molar-refractivity contribution in [2.24, 2.45) is 0 Å². The molecule has 0 aliphatic carbocycles. The van der Waals surface area contributed by atoms with Crippen LogP contribution in [-0.2, 0) is 0 Å². The molecule has 72 valence electrons. The van der Waals surface area contributed by atoms with Gasteiger partial charge in [-0.15, -0.1) is 11.3 Å². The lowest BCUT2D eigenvalue weighted by Gasteiger charge is -2.02. The zero-order valence-corrected chi connectivity index (χ0v) is 9.80. The molecule has 0 unspecified atom stereocenters. The van der Waals surface area contributed by atoms with E-state index in [1.54, 1.807) is 24.6 Å². The smallest absolute Gasteiger partial charge is 0.151 e. The van der Waals surface area contributed by atoms with Gasteiger partial charge in [-0.25, -0.2) is 9.97 Å². The first-order chi connectivity index (χ1) is 6.81. The van der Waals surface area contributed by atoms with Crippen molar-refractivity contribution in [1.29, 1.82) is 0 Å². The van der Waals surface area contributed by atoms with Crippen molar-refractivity contribution in [1.82, 2.24) is 9.97 Å². The summed E-state index contributed by atoms with van der Waals surface area (Å²) in [5.41, 5.74) is 0.854. The first kappa shape index (κ1) is 9.61. The summed E-state index contributed by atoms with van der Waals surface area (Å²) in [7, 11) is 1.62. The van der Waals surface area contributed by atoms with Crippen LogP contribution in [0.2, 0.25) is 0 Å². The lowest BCUT2D eigenvalue weighted by atomic mass is 10.3. The molecule has 0 radical (unpaired) electrons. The van der Waals surface area contributed by atoms with Gasteiger partial charge in [0, 0.05) is 11.6 Å². The van der Waals surface area contributed by atoms with Crippen LogP contribution >= 0.6 is 27.3 Å². The third-order valence-electron chi connectivity index (χ3n) is 1.69. The number of hydrogen-bond acceptors (Lipinski definition) is 4. The standard InChI is InChI=1S/C9H7BrN2OS/c1-13-7-3-2-6(12-8(7)10)9-11-4-5-14-9/h2-5H,1H3. The quantitative estimate of drug-likeness (QED) is 0.787. The summed E-state index contributed by atoms with van der Waals surface area (Å²) in [4.78, 5) is 8.50. The van der Waals surface area contributed by atoms with Crippen LogP contribution < -0.4 is 4.74 Å². The monoisotopic (exact) mass is 270 g/mol. The fourth-order valence-electron chi connectivity index (χ4n) is 1.04. The molecule has 0 amide bonds. The van der Waals surface area contributed by atoms with Crippen LogP contribution in [0.15, 0.2) is 28.3 Å². The van der Waals surface area contributed by atoms with Gasteiger partial charge in [-0.2, -0.15) is 0 Å². The van der Waals surface area contributed by atoms with Gasteiger partial charge in [-0.1, -0.05) is 0 Å². The van der Waals surface area contributed by atoms with Crippen molar-refractivity contribution in [3.8, 4) is 16.5 Å². The van der Waals surface area contributed by atoms with E-state index in [0.717, 1.165) is 16.5 Å². The average molecular weight is 271 g/mol. The Hall–Kier alpha value is -0.940. The third-order valence-corrected chi connectivity index (χ3v) is 3.05. The molecule has 2 aromatic heterocycles. The van der Waals surface area contributed by atoms with E-state index < -0.39 is 0 Å². The van der Waals surface area contributed by atoms with Gasteiger partial charge in [-0.05, 0) is 28.1 Å². The average Bonchev–Trinajstić information content (AvgIpc) is 2.70. The normalized spacial score (nSPS) is 10.1. The van der Waals surface area contributed by atoms with Crippen molar-refractivity contribution in [2.45, 2.75) is 0 Å². The molecule has 3 nitrogen and oxygen atoms in total. The number of thiazole rings is 1. The predicted octanol–water partition coefficient (Wildman–Crippen LogP) is 2.98. The molecule has 0 N–H and O–H groups in total. The summed E-state index contributed by atoms with van der Waals surface area (Å²) in [5, 5.41) is 2.84. The Kier molecular flexibility index (Phi) is 2.79. The molecule has 5 heteroatoms. The summed E-state index contributed by atoms with van der Waals surface area (Å²) in [6, 6.07) is 3.76. The molecule has 0 aliphatic heterocycles. The second-order valence-electron chi connectivity index (χ2n) is 2.53. The fourth-order valence-corrected chi connectivity index (χ4v) is 2.13. The minimum atomic E-state index is 0.702. The van der Waals surface area contributed by atoms with Crippen molar-refractivity contribution in [3.05, 3.63) is 28.3 Å². The third kappa shape index (κ3) is 1.78. The summed E-state index contributed by atoms with van der Waals surface area (Å²) < 4.78 is 5.79. The van der Waals surface area contributed by atoms with Crippen LogP contribution in [-0.4, -0.2) is 17.1 Å². The largest absolute Gasteiger partial charge is 0.494 e. The molecule has 2 rings (SSSR count). The van der Waals surface area contributed by atoms with Gasteiger partial charge in [0.25, 0.3) is 0 Å². The van der Waals surface area contributed by atoms with Crippen LogP contribution in [0.1, 0.15) is 0 Å². The molecule has 0 aromatic carbocycles. The Morgan fingerprint density at radius 1 is 1.43 bits per heavy atom. The number of pyridine rings is 1. The second kappa shape index (κ2) is 4.06. The van der Waals surface area contributed by atoms with E-state index in [-0.39, 0.29) is 0 Å². The van der Waals surface area contributed by atoms with Gasteiger partial charge < -0.3 is 4.74 Å². The summed E-state index contributed by atoms with van der Waals surface area (Å²) >= 11 is 4.90. The summed E-state index contributed by atoms with van der Waals surface area (Å²) in [6.45, 7) is 0. The minimum absolute atomic E-state index is 0.702. The van der Waals surface area contributed by atoms with Crippen molar-refractivity contribution < 1.29 is 4.74 Å². The van der Waals surface area contributed by atoms with E-state index in [2.05, 4.69) is 25.9 Å². The van der Waals surface area contributed by atoms with Gasteiger partial charge in [0.2, 0.25) is 0 Å². The minimum Gasteiger partial charge on any atom is -0.494 e. The number of halogens is 1. The van der Waals surface area contributed by atoms with Gasteiger partial charge in [0.15, 0.2) is 5.75 Å². The highest BCUT2D eigenvalue weighted by molar-refractivity contribution is 9.10. The van der Waals surface area contributed by atoms with Gasteiger partial charge in [-0.3, -0.25) is 0 Å². The Balaban J connectivity index is 2.43. The van der Waals surface area contributed by atoms with E-state index in [9.17, 15) is 0 Å². The molecular formula is C9H7BrN2OS.